The summed E-state index contributed by atoms with van der Waals surface area (Å²) in [5.41, 5.74) is 4.03. The molecule has 0 saturated heterocycles. The van der Waals surface area contributed by atoms with Gasteiger partial charge in [0.2, 0.25) is 5.91 Å². The molecule has 2 amide bonds. The highest BCUT2D eigenvalue weighted by molar-refractivity contribution is 9.10. The molecular formula is C30H35BrN2O3. The minimum atomic E-state index is -0.680. The third-order valence-corrected chi connectivity index (χ3v) is 6.75. The molecule has 6 heteroatoms. The Balaban J connectivity index is 1.91. The molecule has 3 rings (SSSR count). The molecule has 0 fully saturated rings. The van der Waals surface area contributed by atoms with Gasteiger partial charge in [0.1, 0.15) is 11.8 Å². The maximum absolute atomic E-state index is 13.7. The van der Waals surface area contributed by atoms with Crippen LogP contribution in [0, 0.1) is 13.8 Å². The van der Waals surface area contributed by atoms with Crippen LogP contribution < -0.4 is 10.1 Å². The summed E-state index contributed by atoms with van der Waals surface area (Å²) in [7, 11) is 0. The van der Waals surface area contributed by atoms with Crippen molar-refractivity contribution in [1.29, 1.82) is 0 Å². The number of ether oxygens (including phenoxy) is 1. The Hall–Kier alpha value is -3.12. The summed E-state index contributed by atoms with van der Waals surface area (Å²) in [4.78, 5) is 28.8. The smallest absolute Gasteiger partial charge is 0.261 e. The number of hydrogen-bond donors (Lipinski definition) is 1. The zero-order valence-corrected chi connectivity index (χ0v) is 23.0. The van der Waals surface area contributed by atoms with Gasteiger partial charge in [-0.15, -0.1) is 0 Å². The molecular weight excluding hydrogens is 516 g/mol. The first-order valence-electron chi connectivity index (χ1n) is 12.3. The first-order chi connectivity index (χ1) is 17.3. The average Bonchev–Trinajstić information content (AvgIpc) is 2.87. The van der Waals surface area contributed by atoms with E-state index in [1.165, 1.54) is 0 Å². The largest absolute Gasteiger partial charge is 0.483 e. The van der Waals surface area contributed by atoms with E-state index in [0.717, 1.165) is 33.1 Å². The molecule has 0 aliphatic heterocycles. The van der Waals surface area contributed by atoms with Crippen molar-refractivity contribution in [3.8, 4) is 5.75 Å². The molecule has 0 aliphatic rings. The van der Waals surface area contributed by atoms with Crippen molar-refractivity contribution in [3.05, 3.63) is 99.5 Å². The lowest BCUT2D eigenvalue weighted by atomic mass is 10.0. The third-order valence-electron chi connectivity index (χ3n) is 6.22. The number of rotatable bonds is 11. The second-order valence-electron chi connectivity index (χ2n) is 9.23. The highest BCUT2D eigenvalue weighted by Crippen LogP contribution is 2.21. The van der Waals surface area contributed by atoms with Gasteiger partial charge in [0.05, 0.1) is 0 Å². The summed E-state index contributed by atoms with van der Waals surface area (Å²) in [6.45, 7) is 8.13. The standard InChI is InChI=1S/C30H35BrN2O3/c1-5-23(4)32-30(35)27(18-24-9-7-6-8-10-24)33(19-25-12-14-26(31)15-13-25)29(34)20-36-28-16-11-21(2)17-22(28)3/h6-17,23,27H,5,18-20H2,1-4H3,(H,32,35)/t23-,27+/m1/s1. The molecule has 0 bridgehead atoms. The molecule has 0 aliphatic carbocycles. The predicted octanol–water partition coefficient (Wildman–Crippen LogP) is 6.00. The quantitative estimate of drug-likeness (QED) is 0.318. The number of amides is 2. The fourth-order valence-electron chi connectivity index (χ4n) is 3.97. The first-order valence-corrected chi connectivity index (χ1v) is 13.1. The molecule has 0 saturated carbocycles. The average molecular weight is 552 g/mol. The molecule has 3 aromatic carbocycles. The monoisotopic (exact) mass is 550 g/mol. The van der Waals surface area contributed by atoms with Crippen LogP contribution in [0.2, 0.25) is 0 Å². The van der Waals surface area contributed by atoms with Crippen LogP contribution in [-0.4, -0.2) is 35.4 Å². The third kappa shape index (κ3) is 7.95. The number of hydrogen-bond acceptors (Lipinski definition) is 3. The highest BCUT2D eigenvalue weighted by atomic mass is 79.9. The second kappa shape index (κ2) is 13.3. The van der Waals surface area contributed by atoms with Crippen LogP contribution >= 0.6 is 15.9 Å². The van der Waals surface area contributed by atoms with Crippen LogP contribution in [0.5, 0.6) is 5.75 Å². The zero-order valence-electron chi connectivity index (χ0n) is 21.5. The number of carbonyl (C=O) groups is 2. The van der Waals surface area contributed by atoms with Gasteiger partial charge in [-0.3, -0.25) is 9.59 Å². The second-order valence-corrected chi connectivity index (χ2v) is 10.1. The van der Waals surface area contributed by atoms with E-state index >= 15 is 0 Å². The number of carbonyl (C=O) groups excluding carboxylic acids is 2. The van der Waals surface area contributed by atoms with Crippen molar-refractivity contribution in [1.82, 2.24) is 10.2 Å². The first kappa shape index (κ1) is 27.5. The summed E-state index contributed by atoms with van der Waals surface area (Å²) >= 11 is 3.47. The molecule has 0 aromatic heterocycles. The molecule has 0 unspecified atom stereocenters. The van der Waals surface area contributed by atoms with Crippen molar-refractivity contribution < 1.29 is 14.3 Å². The van der Waals surface area contributed by atoms with E-state index in [-0.39, 0.29) is 24.5 Å². The molecule has 0 spiro atoms. The molecule has 36 heavy (non-hydrogen) atoms. The van der Waals surface area contributed by atoms with Crippen molar-refractivity contribution >= 4 is 27.7 Å². The van der Waals surface area contributed by atoms with Gasteiger partial charge in [-0.25, -0.2) is 0 Å². The van der Waals surface area contributed by atoms with Gasteiger partial charge in [0.25, 0.3) is 5.91 Å². The summed E-state index contributed by atoms with van der Waals surface area (Å²) in [6.07, 6.45) is 1.22. The zero-order chi connectivity index (χ0) is 26.1. The number of aryl methyl sites for hydroxylation is 2. The van der Waals surface area contributed by atoms with Gasteiger partial charge in [-0.05, 0) is 62.1 Å². The van der Waals surface area contributed by atoms with E-state index in [2.05, 4.69) is 21.2 Å². The van der Waals surface area contributed by atoms with Crippen LogP contribution in [0.4, 0.5) is 0 Å². The normalized spacial score (nSPS) is 12.5. The number of halogens is 1. The Labute approximate surface area is 223 Å². The summed E-state index contributed by atoms with van der Waals surface area (Å²) in [5.74, 6) is 0.268. The minimum absolute atomic E-state index is 0.00636. The van der Waals surface area contributed by atoms with Crippen molar-refractivity contribution in [3.63, 3.8) is 0 Å². The van der Waals surface area contributed by atoms with E-state index in [1.807, 2.05) is 100 Å². The maximum Gasteiger partial charge on any atom is 0.261 e. The molecule has 5 nitrogen and oxygen atoms in total. The van der Waals surface area contributed by atoms with Gasteiger partial charge in [-0.1, -0.05) is 83.0 Å². The summed E-state index contributed by atoms with van der Waals surface area (Å²) in [6, 6.07) is 22.8. The number of nitrogens with zero attached hydrogens (tertiary/aromatic N) is 1. The predicted molar refractivity (Wildman–Crippen MR) is 148 cm³/mol. The van der Waals surface area contributed by atoms with Crippen molar-refractivity contribution in [2.75, 3.05) is 6.61 Å². The van der Waals surface area contributed by atoms with Gasteiger partial charge >= 0.3 is 0 Å². The Morgan fingerprint density at radius 3 is 2.31 bits per heavy atom. The topological polar surface area (TPSA) is 58.6 Å². The van der Waals surface area contributed by atoms with E-state index in [1.54, 1.807) is 4.90 Å². The van der Waals surface area contributed by atoms with Crippen LogP contribution in [0.25, 0.3) is 0 Å². The number of nitrogens with one attached hydrogen (secondary N) is 1. The molecule has 1 N–H and O–H groups in total. The van der Waals surface area contributed by atoms with E-state index in [4.69, 9.17) is 4.74 Å². The highest BCUT2D eigenvalue weighted by Gasteiger charge is 2.31. The van der Waals surface area contributed by atoms with Gasteiger partial charge in [0.15, 0.2) is 6.61 Å². The van der Waals surface area contributed by atoms with E-state index in [9.17, 15) is 9.59 Å². The Morgan fingerprint density at radius 2 is 1.67 bits per heavy atom. The van der Waals surface area contributed by atoms with Gasteiger partial charge < -0.3 is 15.0 Å². The van der Waals surface area contributed by atoms with Gasteiger partial charge in [-0.2, -0.15) is 0 Å². The summed E-state index contributed by atoms with van der Waals surface area (Å²) in [5, 5.41) is 3.09. The molecule has 3 aromatic rings. The van der Waals surface area contributed by atoms with Crippen LogP contribution in [0.1, 0.15) is 42.5 Å². The SMILES string of the molecule is CC[C@@H](C)NC(=O)[C@H](Cc1ccccc1)N(Cc1ccc(Br)cc1)C(=O)COc1ccc(C)cc1C. The Bertz CT molecular complexity index is 1150. The Morgan fingerprint density at radius 1 is 0.972 bits per heavy atom. The van der Waals surface area contributed by atoms with Crippen molar-refractivity contribution in [2.45, 2.75) is 59.2 Å². The minimum Gasteiger partial charge on any atom is -0.483 e. The van der Waals surface area contributed by atoms with E-state index < -0.39 is 6.04 Å². The fraction of sp³-hybridized carbons (Fsp3) is 0.333. The summed E-state index contributed by atoms with van der Waals surface area (Å²) < 4.78 is 6.90. The maximum atomic E-state index is 13.7. The fourth-order valence-corrected chi connectivity index (χ4v) is 4.23. The van der Waals surface area contributed by atoms with E-state index in [0.29, 0.717) is 18.7 Å². The lowest BCUT2D eigenvalue weighted by Crippen LogP contribution is -2.53. The lowest BCUT2D eigenvalue weighted by molar-refractivity contribution is -0.143. The molecule has 2 atom stereocenters. The van der Waals surface area contributed by atoms with Crippen molar-refractivity contribution in [2.24, 2.45) is 0 Å². The van der Waals surface area contributed by atoms with Gasteiger partial charge in [0, 0.05) is 23.5 Å². The number of benzene rings is 3. The lowest BCUT2D eigenvalue weighted by Gasteiger charge is -2.32. The molecule has 0 heterocycles. The molecule has 0 radical (unpaired) electrons. The molecule has 190 valence electrons. The Kier molecular flexibility index (Phi) is 10.1. The van der Waals surface area contributed by atoms with Crippen LogP contribution in [0.15, 0.2) is 77.3 Å². The van der Waals surface area contributed by atoms with Crippen LogP contribution in [-0.2, 0) is 22.6 Å². The van der Waals surface area contributed by atoms with Crippen LogP contribution in [0.3, 0.4) is 0 Å².